The molecule has 0 radical (unpaired) electrons. The second kappa shape index (κ2) is 8.64. The highest BCUT2D eigenvalue weighted by Gasteiger charge is 2.26. The van der Waals surface area contributed by atoms with Crippen molar-refractivity contribution in [1.82, 2.24) is 14.8 Å². The molecule has 2 aliphatic rings. The van der Waals surface area contributed by atoms with Crippen LogP contribution < -0.4 is 16.4 Å². The molecule has 6 rings (SSSR count). The zero-order valence-corrected chi connectivity index (χ0v) is 19.9. The van der Waals surface area contributed by atoms with Crippen LogP contribution in [0.4, 0.5) is 17.3 Å². The molecule has 2 aromatic carbocycles. The molecule has 0 atom stereocenters. The van der Waals surface area contributed by atoms with Gasteiger partial charge in [0.25, 0.3) is 11.8 Å². The van der Waals surface area contributed by atoms with E-state index in [1.165, 1.54) is 29.5 Å². The summed E-state index contributed by atoms with van der Waals surface area (Å²) in [5.74, 6) is 0.913. The SMILES string of the molecule is Cc1ccc2c(c1)CCn1nc(-c3ccc(C(=O)Nc4cc(C5CC5)ccn4)cc3)c(C(N)=O)c1N2. The van der Waals surface area contributed by atoms with Crippen molar-refractivity contribution in [3.05, 3.63) is 88.6 Å². The number of carbonyl (C=O) groups excluding carboxylic acids is 2. The minimum Gasteiger partial charge on any atom is -0.365 e. The van der Waals surface area contributed by atoms with Crippen LogP contribution in [0.15, 0.2) is 60.8 Å². The van der Waals surface area contributed by atoms with Crippen LogP contribution in [0.3, 0.4) is 0 Å². The van der Waals surface area contributed by atoms with Crippen molar-refractivity contribution in [2.45, 2.75) is 38.6 Å². The van der Waals surface area contributed by atoms with E-state index in [9.17, 15) is 9.59 Å². The van der Waals surface area contributed by atoms with Crippen LogP contribution in [-0.4, -0.2) is 26.6 Å². The number of amides is 2. The topological polar surface area (TPSA) is 115 Å². The summed E-state index contributed by atoms with van der Waals surface area (Å²) in [6, 6.07) is 17.1. The number of rotatable bonds is 5. The Morgan fingerprint density at radius 1 is 1.08 bits per heavy atom. The summed E-state index contributed by atoms with van der Waals surface area (Å²) >= 11 is 0. The third-order valence-electron chi connectivity index (χ3n) is 6.80. The van der Waals surface area contributed by atoms with Crippen molar-refractivity contribution in [3.8, 4) is 11.3 Å². The molecule has 0 unspecified atom stereocenters. The molecule has 0 bridgehead atoms. The van der Waals surface area contributed by atoms with Crippen LogP contribution in [0.25, 0.3) is 11.3 Å². The van der Waals surface area contributed by atoms with Crippen LogP contribution in [0, 0.1) is 6.92 Å². The average Bonchev–Trinajstić information content (AvgIpc) is 3.68. The van der Waals surface area contributed by atoms with Crippen molar-refractivity contribution in [3.63, 3.8) is 0 Å². The van der Waals surface area contributed by atoms with Gasteiger partial charge >= 0.3 is 0 Å². The van der Waals surface area contributed by atoms with E-state index in [0.29, 0.717) is 46.5 Å². The molecule has 1 saturated carbocycles. The number of pyridine rings is 1. The summed E-state index contributed by atoms with van der Waals surface area (Å²) in [7, 11) is 0. The number of aromatic nitrogens is 3. The zero-order chi connectivity index (χ0) is 24.8. The number of benzene rings is 2. The lowest BCUT2D eigenvalue weighted by Crippen LogP contribution is -2.14. The number of nitrogens with two attached hydrogens (primary N) is 1. The summed E-state index contributed by atoms with van der Waals surface area (Å²) in [6.07, 6.45) is 4.89. The minimum atomic E-state index is -0.558. The fraction of sp³-hybridized carbons (Fsp3) is 0.214. The molecular formula is C28H26N6O2. The number of nitrogens with one attached hydrogen (secondary N) is 2. The number of nitrogens with zero attached hydrogens (tertiary/aromatic N) is 3. The number of fused-ring (bicyclic) bond motifs is 2. The Balaban J connectivity index is 1.27. The van der Waals surface area contributed by atoms with Gasteiger partial charge in [0, 0.05) is 29.6 Å². The molecule has 36 heavy (non-hydrogen) atoms. The van der Waals surface area contributed by atoms with Gasteiger partial charge in [0.1, 0.15) is 22.9 Å². The van der Waals surface area contributed by atoms with Crippen molar-refractivity contribution >= 4 is 29.1 Å². The van der Waals surface area contributed by atoms with E-state index in [0.717, 1.165) is 12.1 Å². The van der Waals surface area contributed by atoms with Crippen molar-refractivity contribution in [1.29, 1.82) is 0 Å². The van der Waals surface area contributed by atoms with Crippen LogP contribution in [0.5, 0.6) is 0 Å². The molecule has 4 aromatic rings. The van der Waals surface area contributed by atoms with E-state index < -0.39 is 5.91 Å². The van der Waals surface area contributed by atoms with E-state index >= 15 is 0 Å². The highest BCUT2D eigenvalue weighted by Crippen LogP contribution is 2.40. The molecular weight excluding hydrogens is 452 g/mol. The van der Waals surface area contributed by atoms with Gasteiger partial charge in [0.15, 0.2) is 0 Å². The quantitative estimate of drug-likeness (QED) is 0.382. The van der Waals surface area contributed by atoms with Crippen LogP contribution >= 0.6 is 0 Å². The first-order chi connectivity index (χ1) is 17.5. The molecule has 1 fully saturated rings. The fourth-order valence-electron chi connectivity index (χ4n) is 4.75. The highest BCUT2D eigenvalue weighted by molar-refractivity contribution is 6.06. The molecule has 3 heterocycles. The van der Waals surface area contributed by atoms with Gasteiger partial charge in [-0.25, -0.2) is 9.67 Å². The Kier molecular flexibility index (Phi) is 5.29. The van der Waals surface area contributed by atoms with Crippen LogP contribution in [-0.2, 0) is 13.0 Å². The summed E-state index contributed by atoms with van der Waals surface area (Å²) in [5, 5.41) is 11.0. The normalized spacial score (nSPS) is 14.2. The second-order valence-corrected chi connectivity index (χ2v) is 9.48. The molecule has 4 N–H and O–H groups in total. The van der Waals surface area contributed by atoms with Gasteiger partial charge in [-0.1, -0.05) is 29.8 Å². The molecule has 0 spiro atoms. The smallest absolute Gasteiger partial charge is 0.256 e. The van der Waals surface area contributed by atoms with E-state index in [4.69, 9.17) is 10.8 Å². The number of primary amides is 1. The average molecular weight is 479 g/mol. The fourth-order valence-corrected chi connectivity index (χ4v) is 4.75. The monoisotopic (exact) mass is 478 g/mol. The van der Waals surface area contributed by atoms with Crippen molar-refractivity contribution in [2.75, 3.05) is 10.6 Å². The van der Waals surface area contributed by atoms with Gasteiger partial charge in [-0.05, 0) is 73.6 Å². The molecule has 8 heteroatoms. The summed E-state index contributed by atoms with van der Waals surface area (Å²) < 4.78 is 1.80. The van der Waals surface area contributed by atoms with Gasteiger partial charge in [-0.2, -0.15) is 5.10 Å². The lowest BCUT2D eigenvalue weighted by atomic mass is 10.0. The van der Waals surface area contributed by atoms with E-state index in [1.807, 2.05) is 24.3 Å². The zero-order valence-electron chi connectivity index (χ0n) is 19.9. The van der Waals surface area contributed by atoms with E-state index in [1.54, 1.807) is 35.1 Å². The third-order valence-corrected chi connectivity index (χ3v) is 6.80. The summed E-state index contributed by atoms with van der Waals surface area (Å²) in [5.41, 5.74) is 12.3. The van der Waals surface area contributed by atoms with Crippen molar-refractivity contribution < 1.29 is 9.59 Å². The van der Waals surface area contributed by atoms with Gasteiger partial charge in [-0.15, -0.1) is 0 Å². The predicted octanol–water partition coefficient (Wildman–Crippen LogP) is 4.78. The second-order valence-electron chi connectivity index (χ2n) is 9.48. The molecule has 8 nitrogen and oxygen atoms in total. The molecule has 1 aliphatic carbocycles. The van der Waals surface area contributed by atoms with Crippen LogP contribution in [0.2, 0.25) is 0 Å². The third kappa shape index (κ3) is 4.11. The maximum absolute atomic E-state index is 12.8. The lowest BCUT2D eigenvalue weighted by molar-refractivity contribution is 0.0998. The van der Waals surface area contributed by atoms with E-state index in [-0.39, 0.29) is 5.91 Å². The largest absolute Gasteiger partial charge is 0.365 e. The predicted molar refractivity (Wildman–Crippen MR) is 139 cm³/mol. The molecule has 180 valence electrons. The number of carbonyl (C=O) groups is 2. The van der Waals surface area contributed by atoms with E-state index in [2.05, 4.69) is 28.6 Å². The molecule has 2 aromatic heterocycles. The standard InChI is InChI=1S/C28H26N6O2/c1-16-2-9-22-21(14-16)11-13-34-27(31-22)24(26(29)35)25(33-34)18-5-7-19(8-6-18)28(36)32-23-15-20(10-12-30-23)17-3-4-17/h2,5-10,12,14-15,17,31H,3-4,11,13H2,1H3,(H2,29,35)(H,30,32,36). The number of hydrogen-bond acceptors (Lipinski definition) is 5. The first kappa shape index (κ1) is 22.0. The van der Waals surface area contributed by atoms with Gasteiger partial charge in [-0.3, -0.25) is 9.59 Å². The number of hydrogen-bond donors (Lipinski definition) is 3. The maximum atomic E-state index is 12.8. The van der Waals surface area contributed by atoms with Gasteiger partial charge < -0.3 is 16.4 Å². The number of aryl methyl sites for hydroxylation is 3. The Morgan fingerprint density at radius 2 is 1.89 bits per heavy atom. The van der Waals surface area contributed by atoms with Crippen LogP contribution in [0.1, 0.15) is 56.2 Å². The summed E-state index contributed by atoms with van der Waals surface area (Å²) in [4.78, 5) is 29.6. The Labute approximate surface area is 208 Å². The number of anilines is 3. The minimum absolute atomic E-state index is 0.244. The highest BCUT2D eigenvalue weighted by atomic mass is 16.2. The lowest BCUT2D eigenvalue weighted by Gasteiger charge is -2.10. The molecule has 1 aliphatic heterocycles. The molecule has 2 amide bonds. The molecule has 0 saturated heterocycles. The van der Waals surface area contributed by atoms with Crippen molar-refractivity contribution in [2.24, 2.45) is 5.73 Å². The maximum Gasteiger partial charge on any atom is 0.256 e. The Morgan fingerprint density at radius 3 is 2.64 bits per heavy atom. The Bertz CT molecular complexity index is 1500. The first-order valence-corrected chi connectivity index (χ1v) is 12.1. The Hall–Kier alpha value is -4.46. The summed E-state index contributed by atoms with van der Waals surface area (Å²) in [6.45, 7) is 2.68. The van der Waals surface area contributed by atoms with Gasteiger partial charge in [0.05, 0.1) is 0 Å². The first-order valence-electron chi connectivity index (χ1n) is 12.1. The van der Waals surface area contributed by atoms with Gasteiger partial charge in [0.2, 0.25) is 0 Å².